The van der Waals surface area contributed by atoms with Crippen molar-refractivity contribution in [2.45, 2.75) is 51.4 Å². The molecular weight excluding hydrogens is 364 g/mol. The molecule has 29 heavy (non-hydrogen) atoms. The highest BCUT2D eigenvalue weighted by atomic mass is 16.5. The largest absolute Gasteiger partial charge is 0.465 e. The molecule has 5 heteroatoms. The van der Waals surface area contributed by atoms with Crippen molar-refractivity contribution in [1.82, 2.24) is 9.80 Å². The van der Waals surface area contributed by atoms with E-state index in [1.54, 1.807) is 24.3 Å². The van der Waals surface area contributed by atoms with Gasteiger partial charge in [-0.2, -0.15) is 0 Å². The van der Waals surface area contributed by atoms with Crippen LogP contribution in [0.2, 0.25) is 0 Å². The predicted octanol–water partition coefficient (Wildman–Crippen LogP) is 3.98. The zero-order valence-corrected chi connectivity index (χ0v) is 17.7. The van der Waals surface area contributed by atoms with Crippen molar-refractivity contribution in [1.29, 1.82) is 0 Å². The number of benzene rings is 1. The van der Waals surface area contributed by atoms with E-state index in [0.717, 1.165) is 32.0 Å². The lowest BCUT2D eigenvalue weighted by atomic mass is 9.78. The van der Waals surface area contributed by atoms with Gasteiger partial charge in [-0.1, -0.05) is 19.3 Å². The fourth-order valence-corrected chi connectivity index (χ4v) is 5.69. The summed E-state index contributed by atoms with van der Waals surface area (Å²) >= 11 is 0. The van der Waals surface area contributed by atoms with Gasteiger partial charge in [-0.3, -0.25) is 4.79 Å². The van der Waals surface area contributed by atoms with Gasteiger partial charge in [-0.25, -0.2) is 4.79 Å². The predicted molar refractivity (Wildman–Crippen MR) is 113 cm³/mol. The lowest BCUT2D eigenvalue weighted by Crippen LogP contribution is -2.47. The molecular formula is C24H34N2O3. The first-order valence-electron chi connectivity index (χ1n) is 11.3. The van der Waals surface area contributed by atoms with Crippen LogP contribution in [-0.4, -0.2) is 61.5 Å². The number of hydrogen-bond acceptors (Lipinski definition) is 4. The number of likely N-dealkylation sites (tertiary alicyclic amines) is 2. The molecule has 3 aliphatic rings. The molecule has 0 radical (unpaired) electrons. The van der Waals surface area contributed by atoms with Crippen molar-refractivity contribution >= 4 is 11.9 Å². The summed E-state index contributed by atoms with van der Waals surface area (Å²) in [7, 11) is 1.37. The van der Waals surface area contributed by atoms with Crippen LogP contribution >= 0.6 is 0 Å². The van der Waals surface area contributed by atoms with Crippen LogP contribution in [0.25, 0.3) is 0 Å². The van der Waals surface area contributed by atoms with E-state index in [0.29, 0.717) is 11.1 Å². The molecule has 2 aliphatic heterocycles. The Morgan fingerprint density at radius 1 is 0.966 bits per heavy atom. The molecule has 4 rings (SSSR count). The molecule has 1 saturated carbocycles. The molecule has 1 atom stereocenters. The molecule has 0 N–H and O–H groups in total. The van der Waals surface area contributed by atoms with E-state index in [4.69, 9.17) is 4.74 Å². The second kappa shape index (κ2) is 8.86. The second-order valence-electron chi connectivity index (χ2n) is 9.39. The molecule has 5 nitrogen and oxygen atoms in total. The molecule has 1 aliphatic carbocycles. The van der Waals surface area contributed by atoms with E-state index in [1.807, 2.05) is 4.90 Å². The molecule has 1 aromatic rings. The number of nitrogens with zero attached hydrogens (tertiary/aromatic N) is 2. The number of esters is 1. The number of rotatable bonds is 4. The van der Waals surface area contributed by atoms with Gasteiger partial charge in [0.05, 0.1) is 12.7 Å². The van der Waals surface area contributed by atoms with Crippen LogP contribution in [-0.2, 0) is 4.74 Å². The molecule has 0 unspecified atom stereocenters. The minimum absolute atomic E-state index is 0.0858. The summed E-state index contributed by atoms with van der Waals surface area (Å²) in [5, 5.41) is 0. The summed E-state index contributed by atoms with van der Waals surface area (Å²) < 4.78 is 4.74. The van der Waals surface area contributed by atoms with Crippen molar-refractivity contribution in [3.8, 4) is 0 Å². The van der Waals surface area contributed by atoms with E-state index in [-0.39, 0.29) is 17.3 Å². The van der Waals surface area contributed by atoms with E-state index in [1.165, 1.54) is 65.1 Å². The normalized spacial score (nSPS) is 26.0. The smallest absolute Gasteiger partial charge is 0.337 e. The average molecular weight is 399 g/mol. The van der Waals surface area contributed by atoms with Crippen molar-refractivity contribution in [2.24, 2.45) is 11.3 Å². The first-order valence-corrected chi connectivity index (χ1v) is 11.3. The van der Waals surface area contributed by atoms with Gasteiger partial charge in [0.25, 0.3) is 5.91 Å². The number of ether oxygens (including phenoxy) is 1. The third-order valence-electron chi connectivity index (χ3n) is 7.26. The highest BCUT2D eigenvalue weighted by Gasteiger charge is 2.43. The Morgan fingerprint density at radius 3 is 2.41 bits per heavy atom. The van der Waals surface area contributed by atoms with E-state index >= 15 is 0 Å². The first-order chi connectivity index (χ1) is 14.1. The minimum Gasteiger partial charge on any atom is -0.465 e. The Bertz CT molecular complexity index is 726. The molecule has 158 valence electrons. The summed E-state index contributed by atoms with van der Waals surface area (Å²) in [5.41, 5.74) is 1.41. The van der Waals surface area contributed by atoms with Crippen LogP contribution in [0.1, 0.15) is 72.1 Å². The fraction of sp³-hybridized carbons (Fsp3) is 0.667. The Balaban J connectivity index is 1.36. The van der Waals surface area contributed by atoms with Crippen LogP contribution in [0.5, 0.6) is 0 Å². The lowest BCUT2D eigenvalue weighted by molar-refractivity contribution is 0.0598. The molecule has 2 heterocycles. The maximum absolute atomic E-state index is 13.0. The van der Waals surface area contributed by atoms with Gasteiger partial charge >= 0.3 is 5.97 Å². The highest BCUT2D eigenvalue weighted by molar-refractivity contribution is 5.96. The SMILES string of the molecule is COC(=O)c1ccc(C(=O)N2CC[C@@]3(CCCN(CC4CCCCC4)C3)C2)cc1. The zero-order valence-electron chi connectivity index (χ0n) is 17.7. The molecule has 1 spiro atoms. The van der Waals surface area contributed by atoms with Gasteiger partial charge in [-0.05, 0) is 68.8 Å². The number of carbonyl (C=O) groups excluding carboxylic acids is 2. The van der Waals surface area contributed by atoms with Crippen molar-refractivity contribution < 1.29 is 14.3 Å². The molecule has 0 aromatic heterocycles. The third kappa shape index (κ3) is 4.66. The number of amides is 1. The minimum atomic E-state index is -0.371. The van der Waals surface area contributed by atoms with E-state index < -0.39 is 0 Å². The molecule has 0 bridgehead atoms. The third-order valence-corrected chi connectivity index (χ3v) is 7.26. The van der Waals surface area contributed by atoms with E-state index in [2.05, 4.69) is 4.90 Å². The van der Waals surface area contributed by atoms with Crippen LogP contribution in [0.4, 0.5) is 0 Å². The molecule has 1 aromatic carbocycles. The molecule has 1 amide bonds. The average Bonchev–Trinajstić information content (AvgIpc) is 3.16. The summed E-state index contributed by atoms with van der Waals surface area (Å²) in [6.07, 6.45) is 10.6. The number of hydrogen-bond donors (Lipinski definition) is 0. The monoisotopic (exact) mass is 398 g/mol. The summed E-state index contributed by atoms with van der Waals surface area (Å²) in [6.45, 7) is 5.33. The topological polar surface area (TPSA) is 49.9 Å². The number of methoxy groups -OCH3 is 1. The van der Waals surface area contributed by atoms with Gasteiger partial charge in [0.2, 0.25) is 0 Å². The summed E-state index contributed by atoms with van der Waals surface area (Å²) in [4.78, 5) is 29.3. The standard InChI is InChI=1S/C24H34N2O3/c1-29-23(28)21-10-8-20(9-11-21)22(27)26-15-13-24(18-26)12-5-14-25(17-24)16-19-6-3-2-4-7-19/h8-11,19H,2-7,12-18H2,1H3/t24-/m1/s1. The Kier molecular flexibility index (Phi) is 6.23. The number of carbonyl (C=O) groups is 2. The Labute approximate surface area is 174 Å². The van der Waals surface area contributed by atoms with Crippen molar-refractivity contribution in [3.05, 3.63) is 35.4 Å². The second-order valence-corrected chi connectivity index (χ2v) is 9.39. The lowest BCUT2D eigenvalue weighted by Gasteiger charge is -2.42. The van der Waals surface area contributed by atoms with Crippen LogP contribution < -0.4 is 0 Å². The fourth-order valence-electron chi connectivity index (χ4n) is 5.69. The van der Waals surface area contributed by atoms with Gasteiger partial charge in [0.15, 0.2) is 0 Å². The Hall–Kier alpha value is -1.88. The molecule has 2 saturated heterocycles. The zero-order chi connectivity index (χ0) is 20.3. The van der Waals surface area contributed by atoms with Gasteiger partial charge in [0, 0.05) is 37.2 Å². The van der Waals surface area contributed by atoms with Crippen LogP contribution in [0.3, 0.4) is 0 Å². The maximum atomic E-state index is 13.0. The summed E-state index contributed by atoms with van der Waals surface area (Å²) in [6, 6.07) is 6.85. The van der Waals surface area contributed by atoms with Crippen LogP contribution in [0.15, 0.2) is 24.3 Å². The van der Waals surface area contributed by atoms with E-state index in [9.17, 15) is 9.59 Å². The van der Waals surface area contributed by atoms with Crippen molar-refractivity contribution in [2.75, 3.05) is 39.8 Å². The highest BCUT2D eigenvalue weighted by Crippen LogP contribution is 2.40. The van der Waals surface area contributed by atoms with Crippen molar-refractivity contribution in [3.63, 3.8) is 0 Å². The van der Waals surface area contributed by atoms with Gasteiger partial charge < -0.3 is 14.5 Å². The molecule has 3 fully saturated rings. The first kappa shape index (κ1) is 20.4. The quantitative estimate of drug-likeness (QED) is 0.720. The van der Waals surface area contributed by atoms with Crippen LogP contribution in [0, 0.1) is 11.3 Å². The van der Waals surface area contributed by atoms with Gasteiger partial charge in [0.1, 0.15) is 0 Å². The maximum Gasteiger partial charge on any atom is 0.337 e. The summed E-state index contributed by atoms with van der Waals surface area (Å²) in [5.74, 6) is 0.596. The number of piperidine rings is 1. The Morgan fingerprint density at radius 2 is 1.69 bits per heavy atom. The van der Waals surface area contributed by atoms with Gasteiger partial charge in [-0.15, -0.1) is 0 Å².